The summed E-state index contributed by atoms with van der Waals surface area (Å²) >= 11 is 0. The van der Waals surface area contributed by atoms with Crippen molar-refractivity contribution in [3.05, 3.63) is 102 Å². The molecule has 33 heavy (non-hydrogen) atoms. The van der Waals surface area contributed by atoms with Gasteiger partial charge in [0.2, 0.25) is 0 Å². The van der Waals surface area contributed by atoms with Crippen LogP contribution < -0.4 is 10.6 Å². The number of aliphatic hydroxyl groups is 1. The number of aromatic nitrogens is 2. The van der Waals surface area contributed by atoms with Crippen molar-refractivity contribution in [3.8, 4) is 22.3 Å². The van der Waals surface area contributed by atoms with E-state index in [1.165, 1.54) is 0 Å². The van der Waals surface area contributed by atoms with Gasteiger partial charge in [-0.15, -0.1) is 0 Å². The lowest BCUT2D eigenvalue weighted by Crippen LogP contribution is -2.19. The molecule has 0 fully saturated rings. The molecule has 0 saturated carbocycles. The third-order valence-electron chi connectivity index (χ3n) is 5.48. The number of carbonyl (C=O) groups excluding carboxylic acids is 1. The van der Waals surface area contributed by atoms with Gasteiger partial charge in [0.15, 0.2) is 0 Å². The Morgan fingerprint density at radius 2 is 1.70 bits per heavy atom. The summed E-state index contributed by atoms with van der Waals surface area (Å²) in [6, 6.07) is 21.6. The van der Waals surface area contributed by atoms with Crippen LogP contribution in [0.15, 0.2) is 85.3 Å². The first kappa shape index (κ1) is 22.3. The molecule has 4 rings (SSSR count). The molecule has 0 bridgehead atoms. The highest BCUT2D eigenvalue weighted by Gasteiger charge is 2.15. The van der Waals surface area contributed by atoms with Crippen molar-refractivity contribution >= 4 is 11.6 Å². The second-order valence-corrected chi connectivity index (χ2v) is 7.66. The zero-order valence-corrected chi connectivity index (χ0v) is 18.5. The number of hydrogen-bond acceptors (Lipinski definition) is 5. The van der Waals surface area contributed by atoms with E-state index in [0.29, 0.717) is 18.8 Å². The molecule has 0 atom stereocenters. The summed E-state index contributed by atoms with van der Waals surface area (Å²) in [7, 11) is 0. The predicted octanol–water partition coefficient (Wildman–Crippen LogP) is 4.45. The van der Waals surface area contributed by atoms with Crippen molar-refractivity contribution in [2.75, 3.05) is 18.5 Å². The zero-order valence-electron chi connectivity index (χ0n) is 18.5. The Kier molecular flexibility index (Phi) is 7.19. The van der Waals surface area contributed by atoms with Gasteiger partial charge < -0.3 is 15.7 Å². The third kappa shape index (κ3) is 5.31. The number of nitrogens with one attached hydrogen (secondary N) is 2. The summed E-state index contributed by atoms with van der Waals surface area (Å²) in [5, 5.41) is 15.3. The predicted molar refractivity (Wildman–Crippen MR) is 131 cm³/mol. The molecule has 0 aliphatic carbocycles. The van der Waals surface area contributed by atoms with Gasteiger partial charge in [-0.25, -0.2) is 0 Å². The summed E-state index contributed by atoms with van der Waals surface area (Å²) in [4.78, 5) is 21.6. The molecule has 0 aliphatic rings. The Labute approximate surface area is 193 Å². The Hall–Kier alpha value is -3.87. The first-order valence-corrected chi connectivity index (χ1v) is 10.8. The van der Waals surface area contributed by atoms with E-state index in [9.17, 15) is 4.79 Å². The van der Waals surface area contributed by atoms with Gasteiger partial charge in [0.25, 0.3) is 5.91 Å². The lowest BCUT2D eigenvalue weighted by Gasteiger charge is -2.14. The number of carbonyl (C=O) groups is 1. The molecule has 0 saturated heterocycles. The molecule has 0 radical (unpaired) electrons. The average molecular weight is 439 g/mol. The number of amides is 1. The Morgan fingerprint density at radius 3 is 2.45 bits per heavy atom. The molecular weight excluding hydrogens is 412 g/mol. The SMILES string of the molecule is Cc1c(NC(=O)c2cc(-c3ccncc3)c(CNCCO)cn2)cccc1-c1ccccc1. The van der Waals surface area contributed by atoms with E-state index in [1.807, 2.05) is 55.5 Å². The minimum Gasteiger partial charge on any atom is -0.395 e. The van der Waals surface area contributed by atoms with Crippen molar-refractivity contribution in [1.82, 2.24) is 15.3 Å². The maximum atomic E-state index is 13.1. The van der Waals surface area contributed by atoms with Crippen LogP contribution in [0, 0.1) is 6.92 Å². The van der Waals surface area contributed by atoms with Crippen molar-refractivity contribution in [3.63, 3.8) is 0 Å². The summed E-state index contributed by atoms with van der Waals surface area (Å²) in [5.41, 5.74) is 7.04. The quantitative estimate of drug-likeness (QED) is 0.354. The lowest BCUT2D eigenvalue weighted by molar-refractivity contribution is 0.102. The van der Waals surface area contributed by atoms with Gasteiger partial charge in [-0.05, 0) is 64.6 Å². The van der Waals surface area contributed by atoms with Crippen molar-refractivity contribution < 1.29 is 9.90 Å². The number of benzene rings is 2. The number of nitrogens with zero attached hydrogens (tertiary/aromatic N) is 2. The Morgan fingerprint density at radius 1 is 0.939 bits per heavy atom. The molecule has 0 spiro atoms. The van der Waals surface area contributed by atoms with Crippen LogP contribution in [0.1, 0.15) is 21.6 Å². The van der Waals surface area contributed by atoms with Gasteiger partial charge in [0.1, 0.15) is 5.69 Å². The normalized spacial score (nSPS) is 10.7. The number of aliphatic hydroxyl groups excluding tert-OH is 1. The van der Waals surface area contributed by atoms with Gasteiger partial charge in [-0.3, -0.25) is 14.8 Å². The lowest BCUT2D eigenvalue weighted by atomic mass is 9.99. The monoisotopic (exact) mass is 438 g/mol. The summed E-state index contributed by atoms with van der Waals surface area (Å²) in [5.74, 6) is -0.270. The fraction of sp³-hybridized carbons (Fsp3) is 0.148. The smallest absolute Gasteiger partial charge is 0.274 e. The Bertz CT molecular complexity index is 1230. The van der Waals surface area contributed by atoms with Crippen LogP contribution in [0.4, 0.5) is 5.69 Å². The van der Waals surface area contributed by atoms with Crippen molar-refractivity contribution in [2.24, 2.45) is 0 Å². The molecule has 0 unspecified atom stereocenters. The van der Waals surface area contributed by atoms with E-state index >= 15 is 0 Å². The summed E-state index contributed by atoms with van der Waals surface area (Å²) in [6.45, 7) is 3.07. The first-order valence-electron chi connectivity index (χ1n) is 10.8. The van der Waals surface area contributed by atoms with E-state index in [2.05, 4.69) is 32.7 Å². The molecule has 6 heteroatoms. The van der Waals surface area contributed by atoms with E-state index in [4.69, 9.17) is 5.11 Å². The molecular formula is C27H26N4O2. The van der Waals surface area contributed by atoms with Crippen molar-refractivity contribution in [2.45, 2.75) is 13.5 Å². The van der Waals surface area contributed by atoms with Gasteiger partial charge in [0.05, 0.1) is 6.61 Å². The van der Waals surface area contributed by atoms with Crippen LogP contribution in [0.25, 0.3) is 22.3 Å². The fourth-order valence-electron chi connectivity index (χ4n) is 3.74. The molecule has 0 aliphatic heterocycles. The topological polar surface area (TPSA) is 87.1 Å². The van der Waals surface area contributed by atoms with E-state index in [0.717, 1.165) is 39.1 Å². The molecule has 3 N–H and O–H groups in total. The molecule has 2 aromatic carbocycles. The molecule has 2 heterocycles. The number of hydrogen-bond donors (Lipinski definition) is 3. The minimum atomic E-state index is -0.270. The number of anilines is 1. The van der Waals surface area contributed by atoms with Gasteiger partial charge in [-0.2, -0.15) is 0 Å². The van der Waals surface area contributed by atoms with E-state index in [1.54, 1.807) is 24.7 Å². The minimum absolute atomic E-state index is 0.0555. The molecule has 2 aromatic heterocycles. The second-order valence-electron chi connectivity index (χ2n) is 7.66. The van der Waals surface area contributed by atoms with Crippen LogP contribution >= 0.6 is 0 Å². The summed E-state index contributed by atoms with van der Waals surface area (Å²) in [6.07, 6.45) is 5.15. The van der Waals surface area contributed by atoms with E-state index in [-0.39, 0.29) is 12.5 Å². The van der Waals surface area contributed by atoms with E-state index < -0.39 is 0 Å². The molecule has 4 aromatic rings. The van der Waals surface area contributed by atoms with Gasteiger partial charge >= 0.3 is 0 Å². The largest absolute Gasteiger partial charge is 0.395 e. The maximum Gasteiger partial charge on any atom is 0.274 e. The number of rotatable bonds is 8. The average Bonchev–Trinajstić information content (AvgIpc) is 2.86. The Balaban J connectivity index is 1.63. The molecule has 6 nitrogen and oxygen atoms in total. The van der Waals surface area contributed by atoms with Crippen LogP contribution in [-0.2, 0) is 6.54 Å². The standard InChI is InChI=1S/C27H26N4O2/c1-19-23(20-6-3-2-4-7-20)8-5-9-25(19)31-27(33)26-16-24(21-10-12-28-13-11-21)22(18-30-26)17-29-14-15-32/h2-13,16,18,29,32H,14-15,17H2,1H3,(H,31,33). The van der Waals surface area contributed by atoms with Crippen LogP contribution in [0.2, 0.25) is 0 Å². The fourth-order valence-corrected chi connectivity index (χ4v) is 3.74. The second kappa shape index (κ2) is 10.6. The van der Waals surface area contributed by atoms with Crippen LogP contribution in [0.3, 0.4) is 0 Å². The zero-order chi connectivity index (χ0) is 23.0. The van der Waals surface area contributed by atoms with Crippen molar-refractivity contribution in [1.29, 1.82) is 0 Å². The highest BCUT2D eigenvalue weighted by Crippen LogP contribution is 2.29. The summed E-state index contributed by atoms with van der Waals surface area (Å²) < 4.78 is 0. The van der Waals surface area contributed by atoms with Gasteiger partial charge in [0, 0.05) is 37.4 Å². The maximum absolute atomic E-state index is 13.1. The van der Waals surface area contributed by atoms with Gasteiger partial charge in [-0.1, -0.05) is 42.5 Å². The highest BCUT2D eigenvalue weighted by atomic mass is 16.3. The number of pyridine rings is 2. The highest BCUT2D eigenvalue weighted by molar-refractivity contribution is 6.04. The first-order chi connectivity index (χ1) is 16.2. The van der Waals surface area contributed by atoms with Crippen LogP contribution in [-0.4, -0.2) is 34.1 Å². The van der Waals surface area contributed by atoms with Crippen LogP contribution in [0.5, 0.6) is 0 Å². The third-order valence-corrected chi connectivity index (χ3v) is 5.48. The molecule has 166 valence electrons. The molecule has 1 amide bonds.